The average molecular weight is 483 g/mol. The number of esters is 1. The van der Waals surface area contributed by atoms with E-state index < -0.39 is 6.04 Å². The number of pyridine rings is 1. The van der Waals surface area contributed by atoms with Crippen LogP contribution >= 0.6 is 11.8 Å². The summed E-state index contributed by atoms with van der Waals surface area (Å²) in [6.07, 6.45) is 1.43. The van der Waals surface area contributed by atoms with E-state index in [1.165, 1.54) is 0 Å². The quantitative estimate of drug-likeness (QED) is 0.243. The number of thioether (sulfide) groups is 1. The minimum atomic E-state index is -0.527. The van der Waals surface area contributed by atoms with Crippen molar-refractivity contribution in [2.45, 2.75) is 36.3 Å². The van der Waals surface area contributed by atoms with Crippen molar-refractivity contribution in [2.75, 3.05) is 6.54 Å². The number of para-hydroxylation sites is 1. The van der Waals surface area contributed by atoms with E-state index >= 15 is 0 Å². The molecular weight excluding hydrogens is 456 g/mol. The highest BCUT2D eigenvalue weighted by Crippen LogP contribution is 2.25. The van der Waals surface area contributed by atoms with E-state index in [9.17, 15) is 9.59 Å². The van der Waals surface area contributed by atoms with Gasteiger partial charge >= 0.3 is 5.97 Å². The highest BCUT2D eigenvalue weighted by atomic mass is 32.2. The normalized spacial score (nSPS) is 15.3. The fraction of sp³-hybridized carbons (Fsp3) is 0.207. The Hall–Kier alpha value is -3.64. The average Bonchev–Trinajstić information content (AvgIpc) is 3.41. The van der Waals surface area contributed by atoms with Gasteiger partial charge in [-0.3, -0.25) is 4.79 Å². The molecule has 1 aliphatic heterocycles. The van der Waals surface area contributed by atoms with Crippen LogP contribution in [0.4, 0.5) is 0 Å². The van der Waals surface area contributed by atoms with E-state index in [0.29, 0.717) is 18.5 Å². The smallest absolute Gasteiger partial charge is 0.329 e. The van der Waals surface area contributed by atoms with Gasteiger partial charge in [0.05, 0.1) is 10.5 Å². The molecule has 1 atom stereocenters. The van der Waals surface area contributed by atoms with Crippen LogP contribution in [0.3, 0.4) is 0 Å². The van der Waals surface area contributed by atoms with Crippen LogP contribution < -0.4 is 0 Å². The van der Waals surface area contributed by atoms with Gasteiger partial charge in [-0.05, 0) is 48.2 Å². The van der Waals surface area contributed by atoms with Gasteiger partial charge in [-0.1, -0.05) is 66.7 Å². The van der Waals surface area contributed by atoms with Gasteiger partial charge in [0.15, 0.2) is 0 Å². The molecule has 35 heavy (non-hydrogen) atoms. The summed E-state index contributed by atoms with van der Waals surface area (Å²) in [6.45, 7) is 0.784. The number of ether oxygens (including phenoxy) is 1. The molecule has 6 heteroatoms. The number of benzene rings is 3. The number of rotatable bonds is 7. The minimum Gasteiger partial charge on any atom is -0.459 e. The predicted molar refractivity (Wildman–Crippen MR) is 138 cm³/mol. The van der Waals surface area contributed by atoms with Crippen LogP contribution in [0.2, 0.25) is 0 Å². The zero-order chi connectivity index (χ0) is 24.0. The van der Waals surface area contributed by atoms with E-state index in [1.54, 1.807) is 16.7 Å². The SMILES string of the molecule is O=C(OCc1ccccc1)[C@@H]1CCCN1C(=O)c1ccc(CSc2ccc3ccccc3n2)cc1. The number of fused-ring (bicyclic) bond motifs is 1. The van der Waals surface area contributed by atoms with Crippen LogP contribution in [0.1, 0.15) is 34.3 Å². The van der Waals surface area contributed by atoms with Crippen molar-refractivity contribution in [3.63, 3.8) is 0 Å². The highest BCUT2D eigenvalue weighted by molar-refractivity contribution is 7.98. The van der Waals surface area contributed by atoms with Gasteiger partial charge in [0.1, 0.15) is 12.6 Å². The molecular formula is C29H26N2O3S. The molecule has 0 unspecified atom stereocenters. The Labute approximate surface area is 209 Å². The number of hydrogen-bond acceptors (Lipinski definition) is 5. The van der Waals surface area contributed by atoms with Crippen LogP contribution in [0.25, 0.3) is 10.9 Å². The summed E-state index contributed by atoms with van der Waals surface area (Å²) >= 11 is 1.67. The highest BCUT2D eigenvalue weighted by Gasteiger charge is 2.35. The number of nitrogens with zero attached hydrogens (tertiary/aromatic N) is 2. The summed E-state index contributed by atoms with van der Waals surface area (Å²) in [5.74, 6) is 0.299. The molecule has 5 rings (SSSR count). The molecule has 0 saturated carbocycles. The first-order chi connectivity index (χ1) is 17.2. The van der Waals surface area contributed by atoms with Gasteiger partial charge in [0.25, 0.3) is 5.91 Å². The van der Waals surface area contributed by atoms with Crippen molar-refractivity contribution in [2.24, 2.45) is 0 Å². The fourth-order valence-electron chi connectivity index (χ4n) is 4.27. The first kappa shape index (κ1) is 23.1. The Morgan fingerprint density at radius 3 is 2.49 bits per heavy atom. The maximum absolute atomic E-state index is 13.2. The first-order valence-corrected chi connectivity index (χ1v) is 12.7. The van der Waals surface area contributed by atoms with E-state index in [1.807, 2.05) is 78.9 Å². The van der Waals surface area contributed by atoms with E-state index in [4.69, 9.17) is 9.72 Å². The molecule has 0 aliphatic carbocycles. The number of carbonyl (C=O) groups excluding carboxylic acids is 2. The van der Waals surface area contributed by atoms with Crippen molar-refractivity contribution in [3.05, 3.63) is 108 Å². The second-order valence-electron chi connectivity index (χ2n) is 8.58. The zero-order valence-electron chi connectivity index (χ0n) is 19.3. The van der Waals surface area contributed by atoms with Crippen LogP contribution in [-0.2, 0) is 21.9 Å². The maximum atomic E-state index is 13.2. The summed E-state index contributed by atoms with van der Waals surface area (Å²) in [7, 11) is 0. The summed E-state index contributed by atoms with van der Waals surface area (Å²) < 4.78 is 5.51. The van der Waals surface area contributed by atoms with Crippen LogP contribution in [0, 0.1) is 0 Å². The van der Waals surface area contributed by atoms with Gasteiger partial charge in [-0.15, -0.1) is 11.8 Å². The molecule has 0 bridgehead atoms. The third-order valence-electron chi connectivity index (χ3n) is 6.17. The van der Waals surface area contributed by atoms with Gasteiger partial charge in [0.2, 0.25) is 0 Å². The number of hydrogen-bond donors (Lipinski definition) is 0. The second-order valence-corrected chi connectivity index (χ2v) is 9.57. The Kier molecular flexibility index (Phi) is 7.09. The van der Waals surface area contributed by atoms with E-state index in [0.717, 1.165) is 39.2 Å². The van der Waals surface area contributed by atoms with Crippen molar-refractivity contribution in [1.82, 2.24) is 9.88 Å². The maximum Gasteiger partial charge on any atom is 0.329 e. The molecule has 1 aromatic heterocycles. The molecule has 0 N–H and O–H groups in total. The van der Waals surface area contributed by atoms with E-state index in [2.05, 4.69) is 12.1 Å². The molecule has 2 heterocycles. The third-order valence-corrected chi connectivity index (χ3v) is 7.17. The van der Waals surface area contributed by atoms with Crippen molar-refractivity contribution in [3.8, 4) is 0 Å². The Morgan fingerprint density at radius 1 is 0.886 bits per heavy atom. The lowest BCUT2D eigenvalue weighted by atomic mass is 10.1. The molecule has 1 amide bonds. The summed E-state index contributed by atoms with van der Waals surface area (Å²) in [5, 5.41) is 2.10. The van der Waals surface area contributed by atoms with Crippen LogP contribution in [0.15, 0.2) is 96.0 Å². The largest absolute Gasteiger partial charge is 0.459 e. The predicted octanol–water partition coefficient (Wildman–Crippen LogP) is 5.88. The van der Waals surface area contributed by atoms with Gasteiger partial charge in [-0.25, -0.2) is 9.78 Å². The third kappa shape index (κ3) is 5.54. The molecule has 1 saturated heterocycles. The molecule has 176 valence electrons. The molecule has 3 aromatic carbocycles. The van der Waals surface area contributed by atoms with Crippen molar-refractivity contribution in [1.29, 1.82) is 0 Å². The molecule has 1 fully saturated rings. The Morgan fingerprint density at radius 2 is 1.66 bits per heavy atom. The summed E-state index contributed by atoms with van der Waals surface area (Å²) in [6, 6.07) is 28.9. The summed E-state index contributed by atoms with van der Waals surface area (Å²) in [5.41, 5.74) is 3.62. The van der Waals surface area contributed by atoms with Crippen LogP contribution in [0.5, 0.6) is 0 Å². The Balaban J connectivity index is 1.18. The topological polar surface area (TPSA) is 59.5 Å². The van der Waals surface area contributed by atoms with Crippen molar-refractivity contribution < 1.29 is 14.3 Å². The molecule has 4 aromatic rings. The monoisotopic (exact) mass is 482 g/mol. The minimum absolute atomic E-state index is 0.125. The molecule has 5 nitrogen and oxygen atoms in total. The summed E-state index contributed by atoms with van der Waals surface area (Å²) in [4.78, 5) is 32.2. The fourth-order valence-corrected chi connectivity index (χ4v) is 5.11. The van der Waals surface area contributed by atoms with Crippen LogP contribution in [-0.4, -0.2) is 34.3 Å². The van der Waals surface area contributed by atoms with E-state index in [-0.39, 0.29) is 18.5 Å². The van der Waals surface area contributed by atoms with Gasteiger partial charge < -0.3 is 9.64 Å². The lowest BCUT2D eigenvalue weighted by Gasteiger charge is -2.23. The molecule has 0 spiro atoms. The Bertz CT molecular complexity index is 1320. The van der Waals surface area contributed by atoms with Crippen molar-refractivity contribution >= 4 is 34.5 Å². The van der Waals surface area contributed by atoms with Gasteiger partial charge in [-0.2, -0.15) is 0 Å². The lowest BCUT2D eigenvalue weighted by molar-refractivity contribution is -0.149. The first-order valence-electron chi connectivity index (χ1n) is 11.8. The number of aromatic nitrogens is 1. The van der Waals surface area contributed by atoms with Gasteiger partial charge in [0, 0.05) is 23.2 Å². The molecule has 1 aliphatic rings. The number of amides is 1. The number of likely N-dealkylation sites (tertiary alicyclic amines) is 1. The lowest BCUT2D eigenvalue weighted by Crippen LogP contribution is -2.41. The zero-order valence-corrected chi connectivity index (χ0v) is 20.1. The number of carbonyl (C=O) groups is 2. The molecule has 0 radical (unpaired) electrons. The second kappa shape index (κ2) is 10.7. The standard InChI is InChI=1S/C29H26N2O3S/c32-28(31-18-6-11-26(31)29(33)34-19-21-7-2-1-3-8-21)24-14-12-22(13-15-24)20-35-27-17-16-23-9-4-5-10-25(23)30-27/h1-5,7-10,12-17,26H,6,11,18-20H2/t26-/m0/s1.